The van der Waals surface area contributed by atoms with E-state index in [1.807, 2.05) is 30.3 Å². The lowest BCUT2D eigenvalue weighted by Gasteiger charge is -2.32. The molecule has 0 aromatic heterocycles. The van der Waals surface area contributed by atoms with E-state index in [0.29, 0.717) is 17.9 Å². The van der Waals surface area contributed by atoms with Gasteiger partial charge in [-0.25, -0.2) is 8.42 Å². The van der Waals surface area contributed by atoms with Crippen molar-refractivity contribution < 1.29 is 27.5 Å². The van der Waals surface area contributed by atoms with Crippen LogP contribution in [0.2, 0.25) is 0 Å². The van der Waals surface area contributed by atoms with Gasteiger partial charge in [-0.3, -0.25) is 13.9 Å². The van der Waals surface area contributed by atoms with Gasteiger partial charge < -0.3 is 19.7 Å². The van der Waals surface area contributed by atoms with Gasteiger partial charge in [0.05, 0.1) is 24.8 Å². The highest BCUT2D eigenvalue weighted by molar-refractivity contribution is 7.92. The fourth-order valence-electron chi connectivity index (χ4n) is 4.01. The number of rotatable bonds is 12. The van der Waals surface area contributed by atoms with Crippen LogP contribution in [-0.2, 0) is 26.0 Å². The van der Waals surface area contributed by atoms with Crippen LogP contribution in [0.15, 0.2) is 83.8 Å². The van der Waals surface area contributed by atoms with Crippen molar-refractivity contribution in [3.8, 4) is 11.5 Å². The normalized spacial score (nSPS) is 11.8. The second kappa shape index (κ2) is 13.0. The summed E-state index contributed by atoms with van der Waals surface area (Å²) in [6.07, 6.45) is 0.496. The highest BCUT2D eigenvalue weighted by Gasteiger charge is 2.32. The summed E-state index contributed by atoms with van der Waals surface area (Å²) >= 11 is 0. The van der Waals surface area contributed by atoms with Gasteiger partial charge in [0, 0.05) is 19.7 Å². The van der Waals surface area contributed by atoms with E-state index in [-0.39, 0.29) is 23.0 Å². The van der Waals surface area contributed by atoms with Crippen LogP contribution in [0.1, 0.15) is 12.5 Å². The van der Waals surface area contributed by atoms with Gasteiger partial charge in [-0.05, 0) is 43.2 Å². The van der Waals surface area contributed by atoms with E-state index >= 15 is 0 Å². The average Bonchev–Trinajstić information content (AvgIpc) is 2.95. The lowest BCUT2D eigenvalue weighted by atomic mass is 10.1. The van der Waals surface area contributed by atoms with Crippen molar-refractivity contribution in [3.63, 3.8) is 0 Å². The van der Waals surface area contributed by atoms with E-state index in [1.54, 1.807) is 37.3 Å². The minimum atomic E-state index is -4.16. The smallest absolute Gasteiger partial charge is 0.264 e. The first kappa shape index (κ1) is 28.5. The first-order valence-electron chi connectivity index (χ1n) is 12.1. The summed E-state index contributed by atoms with van der Waals surface area (Å²) in [6, 6.07) is 21.2. The van der Waals surface area contributed by atoms with E-state index in [0.717, 1.165) is 9.87 Å². The third-order valence-electron chi connectivity index (χ3n) is 6.16. The summed E-state index contributed by atoms with van der Waals surface area (Å²) < 4.78 is 39.3. The summed E-state index contributed by atoms with van der Waals surface area (Å²) in [5.41, 5.74) is 1.21. The quantitative estimate of drug-likeness (QED) is 0.379. The van der Waals surface area contributed by atoms with Crippen LogP contribution in [0.4, 0.5) is 5.69 Å². The number of benzene rings is 3. The Balaban J connectivity index is 2.02. The highest BCUT2D eigenvalue weighted by Crippen LogP contribution is 2.34. The molecular weight excluding hydrogens is 506 g/mol. The van der Waals surface area contributed by atoms with Gasteiger partial charge in [-0.1, -0.05) is 48.5 Å². The Morgan fingerprint density at radius 2 is 1.50 bits per heavy atom. The van der Waals surface area contributed by atoms with Crippen molar-refractivity contribution in [2.75, 3.05) is 38.7 Å². The molecule has 1 atom stereocenters. The fourth-order valence-corrected chi connectivity index (χ4v) is 5.43. The van der Waals surface area contributed by atoms with Crippen molar-refractivity contribution in [1.82, 2.24) is 10.2 Å². The lowest BCUT2D eigenvalue weighted by molar-refractivity contribution is -0.138. The number of likely N-dealkylation sites (N-methyl/N-ethyl adjacent to an activating group) is 1. The molecule has 0 aliphatic heterocycles. The number of amides is 2. The summed E-state index contributed by atoms with van der Waals surface area (Å²) in [5.74, 6) is -0.149. The molecule has 3 rings (SSSR count). The topological polar surface area (TPSA) is 105 Å². The minimum Gasteiger partial charge on any atom is -0.493 e. The molecule has 0 heterocycles. The molecule has 0 bridgehead atoms. The zero-order valence-electron chi connectivity index (χ0n) is 22.0. The number of carbonyl (C=O) groups is 2. The number of anilines is 1. The largest absolute Gasteiger partial charge is 0.493 e. The molecule has 0 radical (unpaired) electrons. The molecule has 0 spiro atoms. The molecule has 0 saturated carbocycles. The van der Waals surface area contributed by atoms with Crippen LogP contribution in [0, 0.1) is 0 Å². The molecule has 0 fully saturated rings. The molecule has 1 N–H and O–H groups in total. The second-order valence-corrected chi connectivity index (χ2v) is 10.3. The summed E-state index contributed by atoms with van der Waals surface area (Å²) in [6.45, 7) is 1.32. The summed E-state index contributed by atoms with van der Waals surface area (Å²) in [5, 5.41) is 2.57. The number of nitrogens with zero attached hydrogens (tertiary/aromatic N) is 2. The molecule has 9 nitrogen and oxygen atoms in total. The maximum absolute atomic E-state index is 13.8. The van der Waals surface area contributed by atoms with Crippen LogP contribution in [-0.4, -0.2) is 65.5 Å². The highest BCUT2D eigenvalue weighted by atomic mass is 32.2. The number of methoxy groups -OCH3 is 2. The molecule has 2 amide bonds. The Kier molecular flexibility index (Phi) is 9.72. The van der Waals surface area contributed by atoms with Gasteiger partial charge >= 0.3 is 0 Å². The first-order valence-corrected chi connectivity index (χ1v) is 13.5. The van der Waals surface area contributed by atoms with E-state index in [9.17, 15) is 18.0 Å². The van der Waals surface area contributed by atoms with Gasteiger partial charge in [0.25, 0.3) is 10.0 Å². The molecule has 0 aliphatic rings. The predicted molar refractivity (Wildman–Crippen MR) is 146 cm³/mol. The number of ether oxygens (including phenoxy) is 2. The third kappa shape index (κ3) is 6.63. The number of hydrogen-bond donors (Lipinski definition) is 1. The van der Waals surface area contributed by atoms with Crippen LogP contribution >= 0.6 is 0 Å². The zero-order valence-corrected chi connectivity index (χ0v) is 22.8. The second-order valence-electron chi connectivity index (χ2n) is 8.48. The Hall–Kier alpha value is -4.05. The van der Waals surface area contributed by atoms with Crippen LogP contribution in [0.25, 0.3) is 0 Å². The molecule has 0 saturated heterocycles. The van der Waals surface area contributed by atoms with Crippen LogP contribution in [0.3, 0.4) is 0 Å². The fraction of sp³-hybridized carbons (Fsp3) is 0.286. The number of nitrogens with one attached hydrogen (secondary N) is 1. The summed E-state index contributed by atoms with van der Waals surface area (Å²) in [4.78, 5) is 27.7. The monoisotopic (exact) mass is 539 g/mol. The average molecular weight is 540 g/mol. The van der Waals surface area contributed by atoms with Gasteiger partial charge in [0.1, 0.15) is 12.6 Å². The molecular formula is C28H33N3O6S. The first-order chi connectivity index (χ1) is 18.2. The summed E-state index contributed by atoms with van der Waals surface area (Å²) in [7, 11) is 0.258. The van der Waals surface area contributed by atoms with E-state index in [1.165, 1.54) is 44.4 Å². The SMILES string of the molecule is CNC(=O)[C@@H](C)N(CCc1ccccc1)C(=O)CN(c1ccc(OC)c(OC)c1)S(=O)(=O)c1ccccc1. The molecule has 0 aliphatic carbocycles. The lowest BCUT2D eigenvalue weighted by Crippen LogP contribution is -2.51. The Labute approximate surface area is 224 Å². The van der Waals surface area contributed by atoms with Gasteiger partial charge in [0.15, 0.2) is 11.5 Å². The third-order valence-corrected chi connectivity index (χ3v) is 7.95. The molecule has 38 heavy (non-hydrogen) atoms. The van der Waals surface area contributed by atoms with Crippen LogP contribution < -0.4 is 19.1 Å². The molecule has 3 aromatic rings. The maximum atomic E-state index is 13.8. The zero-order chi connectivity index (χ0) is 27.7. The molecule has 10 heteroatoms. The predicted octanol–water partition coefficient (Wildman–Crippen LogP) is 3.10. The maximum Gasteiger partial charge on any atom is 0.264 e. The molecule has 202 valence electrons. The minimum absolute atomic E-state index is 0.0257. The van der Waals surface area contributed by atoms with Gasteiger partial charge in [-0.15, -0.1) is 0 Å². The standard InChI is InChI=1S/C28H33N3O6S/c1-21(28(33)29-2)30(18-17-22-11-7-5-8-12-22)27(32)20-31(38(34,35)24-13-9-6-10-14-24)23-15-16-25(36-3)26(19-23)37-4/h5-16,19,21H,17-18,20H2,1-4H3,(H,29,33)/t21-/m1/s1. The number of carbonyl (C=O) groups excluding carboxylic acids is 2. The number of hydrogen-bond acceptors (Lipinski definition) is 6. The van der Waals surface area contributed by atoms with E-state index in [2.05, 4.69) is 5.32 Å². The Bertz CT molecular complexity index is 1330. The van der Waals surface area contributed by atoms with Crippen LogP contribution in [0.5, 0.6) is 11.5 Å². The Morgan fingerprint density at radius 3 is 2.08 bits per heavy atom. The number of sulfonamides is 1. The van der Waals surface area contributed by atoms with Crippen molar-refractivity contribution in [3.05, 3.63) is 84.4 Å². The van der Waals surface area contributed by atoms with Crippen molar-refractivity contribution in [2.45, 2.75) is 24.3 Å². The van der Waals surface area contributed by atoms with Crippen molar-refractivity contribution in [2.24, 2.45) is 0 Å². The van der Waals surface area contributed by atoms with E-state index in [4.69, 9.17) is 9.47 Å². The molecule has 3 aromatic carbocycles. The van der Waals surface area contributed by atoms with E-state index < -0.39 is 28.5 Å². The Morgan fingerprint density at radius 1 is 0.895 bits per heavy atom. The van der Waals surface area contributed by atoms with Gasteiger partial charge in [0.2, 0.25) is 11.8 Å². The van der Waals surface area contributed by atoms with Crippen molar-refractivity contribution >= 4 is 27.5 Å². The van der Waals surface area contributed by atoms with Crippen molar-refractivity contribution in [1.29, 1.82) is 0 Å². The molecule has 0 unspecified atom stereocenters. The van der Waals surface area contributed by atoms with Gasteiger partial charge in [-0.2, -0.15) is 0 Å².